The minimum Gasteiger partial charge on any atom is -0.380 e. The maximum atomic E-state index is 9.21. The van der Waals surface area contributed by atoms with Crippen LogP contribution in [0.4, 0.5) is 5.69 Å². The third-order valence-corrected chi connectivity index (χ3v) is 3.18. The van der Waals surface area contributed by atoms with Crippen LogP contribution in [0, 0.1) is 25.2 Å². The maximum Gasteiger partial charge on any atom is 0.103 e. The fourth-order valence-electron chi connectivity index (χ4n) is 2.10. The Bertz CT molecular complexity index is 639. The first-order chi connectivity index (χ1) is 9.63. The number of nitriles is 1. The molecule has 0 aliphatic rings. The maximum absolute atomic E-state index is 9.21. The zero-order chi connectivity index (χ0) is 14.5. The predicted molar refractivity (Wildman–Crippen MR) is 80.1 cm³/mol. The van der Waals surface area contributed by atoms with Gasteiger partial charge < -0.3 is 11.1 Å². The minimum absolute atomic E-state index is 0.551. The molecule has 102 valence electrons. The third-order valence-electron chi connectivity index (χ3n) is 3.18. The van der Waals surface area contributed by atoms with Crippen LogP contribution >= 0.6 is 0 Å². The van der Waals surface area contributed by atoms with Crippen LogP contribution < -0.4 is 11.1 Å². The van der Waals surface area contributed by atoms with Crippen molar-refractivity contribution in [2.75, 3.05) is 5.32 Å². The van der Waals surface area contributed by atoms with Gasteiger partial charge in [-0.25, -0.2) is 0 Å². The summed E-state index contributed by atoms with van der Waals surface area (Å²) in [5, 5.41) is 12.5. The zero-order valence-corrected chi connectivity index (χ0v) is 11.8. The molecule has 2 aromatic rings. The number of hydrogen-bond donors (Lipinski definition) is 2. The van der Waals surface area contributed by atoms with Crippen molar-refractivity contribution < 1.29 is 0 Å². The Labute approximate surface area is 119 Å². The van der Waals surface area contributed by atoms with Crippen molar-refractivity contribution in [3.05, 3.63) is 58.4 Å². The monoisotopic (exact) mass is 266 g/mol. The molecule has 20 heavy (non-hydrogen) atoms. The van der Waals surface area contributed by atoms with E-state index in [0.29, 0.717) is 18.7 Å². The van der Waals surface area contributed by atoms with Crippen molar-refractivity contribution in [2.24, 2.45) is 5.73 Å². The summed E-state index contributed by atoms with van der Waals surface area (Å²) in [4.78, 5) is 4.31. The summed E-state index contributed by atoms with van der Waals surface area (Å²) in [6, 6.07) is 12.2. The first-order valence-corrected chi connectivity index (χ1v) is 6.54. The molecule has 0 fully saturated rings. The molecule has 0 unspecified atom stereocenters. The number of hydrogen-bond acceptors (Lipinski definition) is 4. The van der Waals surface area contributed by atoms with Crippen molar-refractivity contribution in [2.45, 2.75) is 26.9 Å². The molecule has 1 aromatic carbocycles. The molecule has 0 spiro atoms. The lowest BCUT2D eigenvalue weighted by Gasteiger charge is -2.11. The van der Waals surface area contributed by atoms with Gasteiger partial charge in [0.2, 0.25) is 0 Å². The van der Waals surface area contributed by atoms with Gasteiger partial charge in [-0.1, -0.05) is 24.3 Å². The lowest BCUT2D eigenvalue weighted by Crippen LogP contribution is -2.05. The lowest BCUT2D eigenvalue weighted by atomic mass is 10.1. The molecule has 1 heterocycles. The van der Waals surface area contributed by atoms with E-state index >= 15 is 0 Å². The number of benzene rings is 1. The highest BCUT2D eigenvalue weighted by molar-refractivity contribution is 5.60. The molecule has 0 aliphatic heterocycles. The van der Waals surface area contributed by atoms with Crippen LogP contribution in [-0.4, -0.2) is 4.98 Å². The van der Waals surface area contributed by atoms with Crippen molar-refractivity contribution in [3.8, 4) is 6.07 Å². The van der Waals surface area contributed by atoms with E-state index in [1.165, 1.54) is 0 Å². The molecule has 4 nitrogen and oxygen atoms in total. The van der Waals surface area contributed by atoms with Gasteiger partial charge in [-0.15, -0.1) is 0 Å². The van der Waals surface area contributed by atoms with Gasteiger partial charge in [-0.3, -0.25) is 4.98 Å². The fraction of sp³-hybridized carbons (Fsp3) is 0.250. The van der Waals surface area contributed by atoms with Gasteiger partial charge in [0.15, 0.2) is 0 Å². The molecule has 0 radical (unpaired) electrons. The summed E-state index contributed by atoms with van der Waals surface area (Å²) in [7, 11) is 0. The van der Waals surface area contributed by atoms with Crippen LogP contribution in [0.2, 0.25) is 0 Å². The predicted octanol–water partition coefficient (Wildman–Crippen LogP) is 2.64. The normalized spacial score (nSPS) is 10.1. The Morgan fingerprint density at radius 1 is 1.20 bits per heavy atom. The summed E-state index contributed by atoms with van der Waals surface area (Å²) < 4.78 is 0. The van der Waals surface area contributed by atoms with Crippen LogP contribution in [0.5, 0.6) is 0 Å². The summed E-state index contributed by atoms with van der Waals surface area (Å²) in [6.45, 7) is 5.00. The summed E-state index contributed by atoms with van der Waals surface area (Å²) in [6.07, 6.45) is 0. The Hall–Kier alpha value is -2.38. The highest BCUT2D eigenvalue weighted by Gasteiger charge is 2.07. The van der Waals surface area contributed by atoms with Gasteiger partial charge in [-0.2, -0.15) is 5.26 Å². The first-order valence-electron chi connectivity index (χ1n) is 6.54. The van der Waals surface area contributed by atoms with Gasteiger partial charge in [0.25, 0.3) is 0 Å². The highest BCUT2D eigenvalue weighted by atomic mass is 14.9. The summed E-state index contributed by atoms with van der Waals surface area (Å²) in [5.74, 6) is 0. The molecule has 0 bridgehead atoms. The topological polar surface area (TPSA) is 74.7 Å². The van der Waals surface area contributed by atoms with Crippen molar-refractivity contribution in [1.82, 2.24) is 4.98 Å². The van der Waals surface area contributed by atoms with Crippen molar-refractivity contribution in [3.63, 3.8) is 0 Å². The molecule has 4 heteroatoms. The van der Waals surface area contributed by atoms with Crippen molar-refractivity contribution >= 4 is 5.69 Å². The smallest absolute Gasteiger partial charge is 0.103 e. The summed E-state index contributed by atoms with van der Waals surface area (Å²) >= 11 is 0. The average molecular weight is 266 g/mol. The number of aryl methyl sites for hydroxylation is 2. The SMILES string of the molecule is Cc1cc(NCc2ccc(CN)cc2)c(C#N)c(C)n1. The number of rotatable bonds is 4. The van der Waals surface area contributed by atoms with Gasteiger partial charge in [0, 0.05) is 18.8 Å². The first kappa shape index (κ1) is 14.0. The molecule has 0 aliphatic carbocycles. The molecule has 1 aromatic heterocycles. The Balaban J connectivity index is 2.16. The number of pyridine rings is 1. The van der Waals surface area contributed by atoms with Crippen LogP contribution in [0.3, 0.4) is 0 Å². The molecule has 3 N–H and O–H groups in total. The Kier molecular flexibility index (Phi) is 4.34. The van der Waals surface area contributed by atoms with E-state index in [1.54, 1.807) is 0 Å². The van der Waals surface area contributed by atoms with Crippen LogP contribution in [0.15, 0.2) is 30.3 Å². The number of nitrogens with zero attached hydrogens (tertiary/aromatic N) is 2. The van der Waals surface area contributed by atoms with Crippen LogP contribution in [-0.2, 0) is 13.1 Å². The quantitative estimate of drug-likeness (QED) is 0.892. The number of nitrogens with one attached hydrogen (secondary N) is 1. The van der Waals surface area contributed by atoms with Gasteiger partial charge in [0.1, 0.15) is 6.07 Å². The van der Waals surface area contributed by atoms with E-state index in [0.717, 1.165) is 28.2 Å². The van der Waals surface area contributed by atoms with E-state index in [-0.39, 0.29) is 0 Å². The van der Waals surface area contributed by atoms with E-state index in [9.17, 15) is 5.26 Å². The number of aromatic nitrogens is 1. The molecule has 2 rings (SSSR count). The zero-order valence-electron chi connectivity index (χ0n) is 11.8. The Morgan fingerprint density at radius 2 is 1.85 bits per heavy atom. The van der Waals surface area contributed by atoms with Crippen LogP contribution in [0.1, 0.15) is 28.1 Å². The van der Waals surface area contributed by atoms with Gasteiger partial charge in [0.05, 0.1) is 16.9 Å². The molecular formula is C16H18N4. The second-order valence-corrected chi connectivity index (χ2v) is 4.76. The average Bonchev–Trinajstić information content (AvgIpc) is 2.45. The fourth-order valence-corrected chi connectivity index (χ4v) is 2.10. The standard InChI is InChI=1S/C16H18N4/c1-11-7-16(15(9-18)12(2)20-11)19-10-14-5-3-13(8-17)4-6-14/h3-7H,8,10,17H2,1-2H3,(H,19,20). The van der Waals surface area contributed by atoms with E-state index in [2.05, 4.69) is 16.4 Å². The van der Waals surface area contributed by atoms with E-state index < -0.39 is 0 Å². The molecular weight excluding hydrogens is 248 g/mol. The molecule has 0 atom stereocenters. The minimum atomic E-state index is 0.551. The summed E-state index contributed by atoms with van der Waals surface area (Å²) in [5.41, 5.74) is 10.9. The largest absolute Gasteiger partial charge is 0.380 e. The number of anilines is 1. The van der Waals surface area contributed by atoms with E-state index in [1.807, 2.05) is 44.2 Å². The van der Waals surface area contributed by atoms with Gasteiger partial charge >= 0.3 is 0 Å². The Morgan fingerprint density at radius 3 is 2.45 bits per heavy atom. The number of nitrogens with two attached hydrogens (primary N) is 1. The second-order valence-electron chi connectivity index (χ2n) is 4.76. The second kappa shape index (κ2) is 6.18. The van der Waals surface area contributed by atoms with Crippen molar-refractivity contribution in [1.29, 1.82) is 5.26 Å². The molecule has 0 saturated carbocycles. The highest BCUT2D eigenvalue weighted by Crippen LogP contribution is 2.19. The lowest BCUT2D eigenvalue weighted by molar-refractivity contribution is 1.05. The molecule has 0 amide bonds. The van der Waals surface area contributed by atoms with E-state index in [4.69, 9.17) is 5.73 Å². The van der Waals surface area contributed by atoms with Crippen LogP contribution in [0.25, 0.3) is 0 Å². The molecule has 0 saturated heterocycles. The third kappa shape index (κ3) is 3.14. The van der Waals surface area contributed by atoms with Gasteiger partial charge in [-0.05, 0) is 31.0 Å².